The lowest BCUT2D eigenvalue weighted by Gasteiger charge is -2.32. The van der Waals surface area contributed by atoms with Crippen LogP contribution in [0.2, 0.25) is 5.15 Å². The average molecular weight is 316 g/mol. The molecule has 1 N–H and O–H groups in total. The van der Waals surface area contributed by atoms with E-state index >= 15 is 0 Å². The first-order valence-corrected chi connectivity index (χ1v) is 7.17. The second kappa shape index (κ2) is 6.44. The van der Waals surface area contributed by atoms with Gasteiger partial charge < -0.3 is 14.7 Å². The molecule has 0 radical (unpaired) electrons. The van der Waals surface area contributed by atoms with Crippen molar-refractivity contribution in [2.45, 2.75) is 32.9 Å². The van der Waals surface area contributed by atoms with E-state index in [1.807, 2.05) is 6.92 Å². The summed E-state index contributed by atoms with van der Waals surface area (Å²) in [6.45, 7) is 5.20. The Labute approximate surface area is 127 Å². The minimum Gasteiger partial charge on any atom is -0.481 e. The van der Waals surface area contributed by atoms with Crippen molar-refractivity contribution in [3.05, 3.63) is 16.4 Å². The summed E-state index contributed by atoms with van der Waals surface area (Å²) in [7, 11) is 0. The number of rotatable bonds is 4. The summed E-state index contributed by atoms with van der Waals surface area (Å²) in [5.41, 5.74) is 0.961. The second-order valence-electron chi connectivity index (χ2n) is 4.91. The lowest BCUT2D eigenvalue weighted by Crippen LogP contribution is -2.46. The smallest absolute Gasteiger partial charge is 0.306 e. The number of nitrogens with zero attached hydrogens (tertiary/aromatic N) is 3. The van der Waals surface area contributed by atoms with Gasteiger partial charge in [-0.15, -0.1) is 0 Å². The van der Waals surface area contributed by atoms with Gasteiger partial charge >= 0.3 is 5.97 Å². The third-order valence-electron chi connectivity index (χ3n) is 3.41. The van der Waals surface area contributed by atoms with Crippen LogP contribution < -0.4 is 0 Å². The summed E-state index contributed by atoms with van der Waals surface area (Å²) in [6.07, 6.45) is -0.606. The first-order chi connectivity index (χ1) is 9.93. The molecule has 1 aliphatic heterocycles. The maximum Gasteiger partial charge on any atom is 0.306 e. The number of carbonyl (C=O) groups is 2. The second-order valence-corrected chi connectivity index (χ2v) is 5.27. The fourth-order valence-electron chi connectivity index (χ4n) is 2.39. The van der Waals surface area contributed by atoms with E-state index in [1.165, 1.54) is 0 Å². The van der Waals surface area contributed by atoms with Gasteiger partial charge in [0.05, 0.1) is 30.4 Å². The molecule has 1 unspecified atom stereocenters. The van der Waals surface area contributed by atoms with Crippen LogP contribution in [-0.2, 0) is 16.1 Å². The largest absolute Gasteiger partial charge is 0.481 e. The number of aliphatic carboxylic acids is 1. The Balaban J connectivity index is 2.16. The lowest BCUT2D eigenvalue weighted by molar-refractivity contribution is -0.141. The molecule has 0 aromatic carbocycles. The highest BCUT2D eigenvalue weighted by molar-refractivity contribution is 6.33. The molecule has 1 amide bonds. The predicted molar refractivity (Wildman–Crippen MR) is 75.5 cm³/mol. The standard InChI is InChI=1S/C13H18ClN3O4/c1-3-17-12(14)11(8(2)15-17)13(20)16-4-5-21-9(7-16)6-10(18)19/h9H,3-7H2,1-2H3,(H,18,19). The molecule has 0 spiro atoms. The molecule has 1 aromatic heterocycles. The Morgan fingerprint density at radius 2 is 2.24 bits per heavy atom. The van der Waals surface area contributed by atoms with Crippen molar-refractivity contribution in [1.82, 2.24) is 14.7 Å². The summed E-state index contributed by atoms with van der Waals surface area (Å²) >= 11 is 6.19. The normalized spacial score (nSPS) is 18.8. The highest BCUT2D eigenvalue weighted by Gasteiger charge is 2.30. The van der Waals surface area contributed by atoms with Crippen molar-refractivity contribution < 1.29 is 19.4 Å². The highest BCUT2D eigenvalue weighted by Crippen LogP contribution is 2.23. The van der Waals surface area contributed by atoms with Crippen LogP contribution in [0.5, 0.6) is 0 Å². The van der Waals surface area contributed by atoms with Gasteiger partial charge in [0, 0.05) is 19.6 Å². The summed E-state index contributed by atoms with van der Waals surface area (Å²) in [5.74, 6) is -1.17. The number of carboxylic acid groups (broad SMARTS) is 1. The first kappa shape index (κ1) is 15.8. The van der Waals surface area contributed by atoms with Gasteiger partial charge in [0.15, 0.2) is 0 Å². The molecule has 1 aromatic rings. The van der Waals surface area contributed by atoms with Crippen molar-refractivity contribution in [3.63, 3.8) is 0 Å². The van der Waals surface area contributed by atoms with Crippen molar-refractivity contribution in [2.24, 2.45) is 0 Å². The number of aryl methyl sites for hydroxylation is 2. The molecular weight excluding hydrogens is 298 g/mol. The van der Waals surface area contributed by atoms with Crippen molar-refractivity contribution in [2.75, 3.05) is 19.7 Å². The van der Waals surface area contributed by atoms with Crippen LogP contribution in [0.3, 0.4) is 0 Å². The molecular formula is C13H18ClN3O4. The molecule has 1 saturated heterocycles. The van der Waals surface area contributed by atoms with Gasteiger partial charge in [-0.3, -0.25) is 14.3 Å². The Hall–Kier alpha value is -1.60. The van der Waals surface area contributed by atoms with Gasteiger partial charge in [0.1, 0.15) is 5.15 Å². The highest BCUT2D eigenvalue weighted by atomic mass is 35.5. The Morgan fingerprint density at radius 3 is 2.81 bits per heavy atom. The van der Waals surface area contributed by atoms with Gasteiger partial charge in [-0.1, -0.05) is 11.6 Å². The van der Waals surface area contributed by atoms with Crippen LogP contribution in [-0.4, -0.2) is 57.5 Å². The maximum absolute atomic E-state index is 12.6. The fraction of sp³-hybridized carbons (Fsp3) is 0.615. The lowest BCUT2D eigenvalue weighted by atomic mass is 10.1. The minimum absolute atomic E-state index is 0.120. The molecule has 0 aliphatic carbocycles. The first-order valence-electron chi connectivity index (χ1n) is 6.79. The van der Waals surface area contributed by atoms with Crippen LogP contribution in [0.4, 0.5) is 0 Å². The number of hydrogen-bond acceptors (Lipinski definition) is 4. The summed E-state index contributed by atoms with van der Waals surface area (Å²) in [5, 5.41) is 13.4. The topological polar surface area (TPSA) is 84.7 Å². The Kier molecular flexibility index (Phi) is 4.84. The van der Waals surface area contributed by atoms with Crippen LogP contribution in [0.25, 0.3) is 0 Å². The molecule has 7 nitrogen and oxygen atoms in total. The maximum atomic E-state index is 12.6. The molecule has 0 bridgehead atoms. The Bertz CT molecular complexity index is 558. The molecule has 2 heterocycles. The Morgan fingerprint density at radius 1 is 1.52 bits per heavy atom. The zero-order valence-corrected chi connectivity index (χ0v) is 12.8. The molecule has 1 atom stereocenters. The quantitative estimate of drug-likeness (QED) is 0.902. The molecule has 1 aliphatic rings. The van der Waals surface area contributed by atoms with E-state index in [-0.39, 0.29) is 18.9 Å². The number of ether oxygens (including phenoxy) is 1. The van der Waals surface area contributed by atoms with E-state index in [1.54, 1.807) is 16.5 Å². The number of carboxylic acids is 1. The van der Waals surface area contributed by atoms with Crippen LogP contribution >= 0.6 is 11.6 Å². The van der Waals surface area contributed by atoms with E-state index in [4.69, 9.17) is 21.4 Å². The van der Waals surface area contributed by atoms with Gasteiger partial charge in [0.25, 0.3) is 5.91 Å². The number of aromatic nitrogens is 2. The molecule has 0 saturated carbocycles. The number of halogens is 1. The summed E-state index contributed by atoms with van der Waals surface area (Å²) in [4.78, 5) is 24.9. The van der Waals surface area contributed by atoms with E-state index in [9.17, 15) is 9.59 Å². The van der Waals surface area contributed by atoms with Gasteiger partial charge in [0.2, 0.25) is 0 Å². The predicted octanol–water partition coefficient (Wildman–Crippen LogP) is 1.18. The zero-order valence-electron chi connectivity index (χ0n) is 12.0. The number of carbonyl (C=O) groups excluding carboxylic acids is 1. The SMILES string of the molecule is CCn1nc(C)c(C(=O)N2CCOC(CC(=O)O)C2)c1Cl. The minimum atomic E-state index is -0.942. The molecule has 8 heteroatoms. The van der Waals surface area contributed by atoms with E-state index in [2.05, 4.69) is 5.10 Å². The number of morpholine rings is 1. The monoisotopic (exact) mass is 315 g/mol. The zero-order chi connectivity index (χ0) is 15.6. The van der Waals surface area contributed by atoms with Crippen LogP contribution in [0.1, 0.15) is 29.4 Å². The molecule has 1 fully saturated rings. The van der Waals surface area contributed by atoms with Crippen molar-refractivity contribution in [1.29, 1.82) is 0 Å². The third-order valence-corrected chi connectivity index (χ3v) is 3.79. The van der Waals surface area contributed by atoms with Gasteiger partial charge in [-0.2, -0.15) is 5.10 Å². The summed E-state index contributed by atoms with van der Waals surface area (Å²) in [6, 6.07) is 0. The third kappa shape index (κ3) is 3.36. The van der Waals surface area contributed by atoms with Crippen LogP contribution in [0.15, 0.2) is 0 Å². The molecule has 21 heavy (non-hydrogen) atoms. The van der Waals surface area contributed by atoms with Crippen molar-refractivity contribution in [3.8, 4) is 0 Å². The van der Waals surface area contributed by atoms with E-state index in [0.29, 0.717) is 36.1 Å². The average Bonchev–Trinajstić information content (AvgIpc) is 2.72. The number of amides is 1. The molecule has 116 valence electrons. The van der Waals surface area contributed by atoms with Gasteiger partial charge in [-0.25, -0.2) is 0 Å². The van der Waals surface area contributed by atoms with Crippen molar-refractivity contribution >= 4 is 23.5 Å². The molecule has 2 rings (SSSR count). The summed E-state index contributed by atoms with van der Waals surface area (Å²) < 4.78 is 6.93. The van der Waals surface area contributed by atoms with Gasteiger partial charge in [-0.05, 0) is 13.8 Å². The van der Waals surface area contributed by atoms with E-state index in [0.717, 1.165) is 0 Å². The van der Waals surface area contributed by atoms with E-state index < -0.39 is 12.1 Å². The number of hydrogen-bond donors (Lipinski definition) is 1. The van der Waals surface area contributed by atoms with Crippen LogP contribution in [0, 0.1) is 6.92 Å². The fourth-order valence-corrected chi connectivity index (χ4v) is 2.76.